The minimum Gasteiger partial charge on any atom is -0.334 e. The summed E-state index contributed by atoms with van der Waals surface area (Å²) in [6.07, 6.45) is 3.68. The predicted octanol–water partition coefficient (Wildman–Crippen LogP) is 2.59. The van der Waals surface area contributed by atoms with Gasteiger partial charge in [0.15, 0.2) is 5.82 Å². The molecule has 7 heteroatoms. The lowest BCUT2D eigenvalue weighted by atomic mass is 9.83. The molecule has 0 atom stereocenters. The molecule has 0 aliphatic heterocycles. The fourth-order valence-electron chi connectivity index (χ4n) is 2.63. The summed E-state index contributed by atoms with van der Waals surface area (Å²) in [5.74, 6) is 1.14. The van der Waals surface area contributed by atoms with Crippen LogP contribution in [0.15, 0.2) is 41.2 Å². The molecule has 1 aliphatic rings. The molecule has 112 valence electrons. The molecular formula is C15H14FN5O. The molecule has 6 nitrogen and oxygen atoms in total. The third-order valence-electron chi connectivity index (χ3n) is 3.94. The number of hydrogen-bond donors (Lipinski definition) is 0. The Bertz CT molecular complexity index is 764. The molecule has 0 bridgehead atoms. The first kappa shape index (κ1) is 13.1. The Hall–Kier alpha value is -2.57. The molecule has 4 rings (SSSR count). The number of rotatable bonds is 4. The molecule has 1 saturated carbocycles. The van der Waals surface area contributed by atoms with Gasteiger partial charge in [-0.2, -0.15) is 4.98 Å². The van der Waals surface area contributed by atoms with E-state index >= 15 is 0 Å². The maximum Gasteiger partial charge on any atom is 0.258 e. The standard InChI is InChI=1S/C15H14FN5O/c16-12-7-11(8-12)14-18-15(22-19-14)13-4-2-1-3-10(13)9-21-6-5-17-20-21/h1-6,11-12H,7-9H2. The molecule has 0 radical (unpaired) electrons. The van der Waals surface area contributed by atoms with E-state index in [0.717, 1.165) is 11.1 Å². The van der Waals surface area contributed by atoms with Crippen molar-refractivity contribution < 1.29 is 8.91 Å². The monoisotopic (exact) mass is 299 g/mol. The van der Waals surface area contributed by atoms with Crippen molar-refractivity contribution in [2.24, 2.45) is 0 Å². The number of alkyl halides is 1. The maximum atomic E-state index is 13.0. The maximum absolute atomic E-state index is 13.0. The topological polar surface area (TPSA) is 69.6 Å². The van der Waals surface area contributed by atoms with Gasteiger partial charge in [0.2, 0.25) is 0 Å². The first-order valence-corrected chi connectivity index (χ1v) is 7.19. The lowest BCUT2D eigenvalue weighted by Crippen LogP contribution is -2.23. The van der Waals surface area contributed by atoms with E-state index < -0.39 is 6.17 Å². The Labute approximate surface area is 126 Å². The zero-order chi connectivity index (χ0) is 14.9. The molecule has 0 spiro atoms. The second-order valence-corrected chi connectivity index (χ2v) is 5.48. The second kappa shape index (κ2) is 5.32. The van der Waals surface area contributed by atoms with E-state index in [1.165, 1.54) is 0 Å². The van der Waals surface area contributed by atoms with Gasteiger partial charge in [-0.1, -0.05) is 28.6 Å². The highest BCUT2D eigenvalue weighted by atomic mass is 19.1. The van der Waals surface area contributed by atoms with Gasteiger partial charge >= 0.3 is 0 Å². The molecular weight excluding hydrogens is 285 g/mol. The average molecular weight is 299 g/mol. The zero-order valence-corrected chi connectivity index (χ0v) is 11.8. The average Bonchev–Trinajstić information content (AvgIpc) is 3.16. The Morgan fingerprint density at radius 3 is 2.91 bits per heavy atom. The summed E-state index contributed by atoms with van der Waals surface area (Å²) in [5, 5.41) is 11.8. The summed E-state index contributed by atoms with van der Waals surface area (Å²) in [5.41, 5.74) is 1.88. The quantitative estimate of drug-likeness (QED) is 0.740. The van der Waals surface area contributed by atoms with Crippen LogP contribution >= 0.6 is 0 Å². The van der Waals surface area contributed by atoms with Gasteiger partial charge in [-0.05, 0) is 24.5 Å². The van der Waals surface area contributed by atoms with Crippen LogP contribution in [0, 0.1) is 0 Å². The van der Waals surface area contributed by atoms with Crippen molar-refractivity contribution in [3.05, 3.63) is 48.0 Å². The van der Waals surface area contributed by atoms with Crippen LogP contribution < -0.4 is 0 Å². The van der Waals surface area contributed by atoms with Crippen LogP contribution in [-0.4, -0.2) is 31.3 Å². The van der Waals surface area contributed by atoms with Crippen LogP contribution in [0.4, 0.5) is 4.39 Å². The molecule has 0 N–H and O–H groups in total. The summed E-state index contributed by atoms with van der Waals surface area (Å²) in [6, 6.07) is 7.79. The Morgan fingerprint density at radius 2 is 2.14 bits per heavy atom. The van der Waals surface area contributed by atoms with Crippen LogP contribution in [0.2, 0.25) is 0 Å². The lowest BCUT2D eigenvalue weighted by Gasteiger charge is -2.26. The summed E-state index contributed by atoms with van der Waals surface area (Å²) < 4.78 is 20.1. The van der Waals surface area contributed by atoms with Crippen LogP contribution in [0.25, 0.3) is 11.5 Å². The van der Waals surface area contributed by atoms with Gasteiger partial charge in [0.05, 0.1) is 12.7 Å². The summed E-state index contributed by atoms with van der Waals surface area (Å²) >= 11 is 0. The SMILES string of the molecule is FC1CC(c2noc(-c3ccccc3Cn3ccnn3)n2)C1. The van der Waals surface area contributed by atoms with Gasteiger partial charge in [-0.25, -0.2) is 9.07 Å². The van der Waals surface area contributed by atoms with Crippen molar-refractivity contribution in [3.63, 3.8) is 0 Å². The molecule has 2 aromatic heterocycles. The Morgan fingerprint density at radius 1 is 1.27 bits per heavy atom. The number of aromatic nitrogens is 5. The number of benzene rings is 1. The molecule has 2 heterocycles. The van der Waals surface area contributed by atoms with Crippen molar-refractivity contribution in [1.29, 1.82) is 0 Å². The highest BCUT2D eigenvalue weighted by Gasteiger charge is 2.33. The van der Waals surface area contributed by atoms with E-state index in [2.05, 4.69) is 20.5 Å². The molecule has 0 saturated heterocycles. The van der Waals surface area contributed by atoms with E-state index in [1.807, 2.05) is 24.3 Å². The summed E-state index contributed by atoms with van der Waals surface area (Å²) in [7, 11) is 0. The van der Waals surface area contributed by atoms with Crippen molar-refractivity contribution in [3.8, 4) is 11.5 Å². The minimum absolute atomic E-state index is 0.0787. The van der Waals surface area contributed by atoms with Crippen molar-refractivity contribution in [2.75, 3.05) is 0 Å². The van der Waals surface area contributed by atoms with Gasteiger partial charge in [0, 0.05) is 17.7 Å². The van der Waals surface area contributed by atoms with E-state index in [-0.39, 0.29) is 5.92 Å². The van der Waals surface area contributed by atoms with Crippen LogP contribution in [0.5, 0.6) is 0 Å². The van der Waals surface area contributed by atoms with E-state index in [9.17, 15) is 4.39 Å². The summed E-state index contributed by atoms with van der Waals surface area (Å²) in [6.45, 7) is 0.573. The zero-order valence-electron chi connectivity index (χ0n) is 11.8. The number of halogens is 1. The molecule has 3 aromatic rings. The van der Waals surface area contributed by atoms with Crippen LogP contribution in [0.3, 0.4) is 0 Å². The minimum atomic E-state index is -0.730. The molecule has 1 fully saturated rings. The molecule has 0 unspecified atom stereocenters. The van der Waals surface area contributed by atoms with Crippen LogP contribution in [-0.2, 0) is 6.54 Å². The Balaban J connectivity index is 1.62. The third-order valence-corrected chi connectivity index (χ3v) is 3.94. The van der Waals surface area contributed by atoms with E-state index in [0.29, 0.717) is 31.1 Å². The van der Waals surface area contributed by atoms with Gasteiger partial charge in [0.1, 0.15) is 6.17 Å². The lowest BCUT2D eigenvalue weighted by molar-refractivity contribution is 0.171. The number of hydrogen-bond acceptors (Lipinski definition) is 5. The van der Waals surface area contributed by atoms with Gasteiger partial charge < -0.3 is 4.52 Å². The predicted molar refractivity (Wildman–Crippen MR) is 75.7 cm³/mol. The van der Waals surface area contributed by atoms with E-state index in [4.69, 9.17) is 4.52 Å². The van der Waals surface area contributed by atoms with Gasteiger partial charge in [0.25, 0.3) is 5.89 Å². The van der Waals surface area contributed by atoms with Crippen molar-refractivity contribution in [2.45, 2.75) is 31.5 Å². The molecule has 0 amide bonds. The highest BCUT2D eigenvalue weighted by molar-refractivity contribution is 5.58. The first-order valence-electron chi connectivity index (χ1n) is 7.19. The fourth-order valence-corrected chi connectivity index (χ4v) is 2.63. The third kappa shape index (κ3) is 2.38. The molecule has 22 heavy (non-hydrogen) atoms. The van der Waals surface area contributed by atoms with Gasteiger partial charge in [-0.15, -0.1) is 5.10 Å². The highest BCUT2D eigenvalue weighted by Crippen LogP contribution is 2.38. The first-order chi connectivity index (χ1) is 10.8. The van der Waals surface area contributed by atoms with Crippen molar-refractivity contribution >= 4 is 0 Å². The van der Waals surface area contributed by atoms with E-state index in [1.54, 1.807) is 17.1 Å². The normalized spacial score (nSPS) is 20.8. The molecule has 1 aliphatic carbocycles. The molecule has 1 aromatic carbocycles. The van der Waals surface area contributed by atoms with Crippen LogP contribution in [0.1, 0.15) is 30.1 Å². The largest absolute Gasteiger partial charge is 0.334 e. The summed E-state index contributed by atoms with van der Waals surface area (Å²) in [4.78, 5) is 4.44. The Kier molecular flexibility index (Phi) is 3.17. The van der Waals surface area contributed by atoms with Gasteiger partial charge in [-0.3, -0.25) is 0 Å². The fraction of sp³-hybridized carbons (Fsp3) is 0.333. The smallest absolute Gasteiger partial charge is 0.258 e. The second-order valence-electron chi connectivity index (χ2n) is 5.48. The number of nitrogens with zero attached hydrogens (tertiary/aromatic N) is 5. The van der Waals surface area contributed by atoms with Crippen molar-refractivity contribution in [1.82, 2.24) is 25.1 Å².